The van der Waals surface area contributed by atoms with Crippen LogP contribution in [0.25, 0.3) is 0 Å². The summed E-state index contributed by atoms with van der Waals surface area (Å²) < 4.78 is 0. The normalized spacial score (nSPS) is 16.0. The van der Waals surface area contributed by atoms with Gasteiger partial charge in [0.2, 0.25) is 17.7 Å². The Bertz CT molecular complexity index is 601. The topological polar surface area (TPSA) is 208 Å². The van der Waals surface area contributed by atoms with E-state index in [2.05, 4.69) is 28.6 Å². The summed E-state index contributed by atoms with van der Waals surface area (Å²) in [5.41, 5.74) is 5.47. The number of carboxylic acids is 2. The van der Waals surface area contributed by atoms with E-state index < -0.39 is 66.4 Å². The highest BCUT2D eigenvalue weighted by molar-refractivity contribution is 7.80. The molecule has 0 aromatic carbocycles. The third kappa shape index (κ3) is 9.01. The molecular weight excluding hydrogens is 396 g/mol. The molecule has 0 aliphatic carbocycles. The van der Waals surface area contributed by atoms with Gasteiger partial charge in [-0.3, -0.25) is 19.2 Å². The van der Waals surface area contributed by atoms with Crippen molar-refractivity contribution in [1.82, 2.24) is 16.0 Å². The van der Waals surface area contributed by atoms with E-state index in [1.54, 1.807) is 0 Å². The zero-order valence-electron chi connectivity index (χ0n) is 15.4. The number of nitrogens with two attached hydrogens (primary N) is 1. The van der Waals surface area contributed by atoms with Gasteiger partial charge in [-0.05, 0) is 20.3 Å². The van der Waals surface area contributed by atoms with Crippen molar-refractivity contribution in [1.29, 1.82) is 0 Å². The molecule has 13 heteroatoms. The highest BCUT2D eigenvalue weighted by Gasteiger charge is 2.28. The third-order valence-electron chi connectivity index (χ3n) is 3.65. The van der Waals surface area contributed by atoms with Gasteiger partial charge < -0.3 is 37.0 Å². The number of thiol groups is 1. The van der Waals surface area contributed by atoms with Gasteiger partial charge >= 0.3 is 11.9 Å². The SMILES string of the molecule is CC(NC(=O)C(CS)NC(=O)C(N)C(C)O)C(=O)NC(CCC(=O)O)C(=O)O. The zero-order valence-corrected chi connectivity index (χ0v) is 16.3. The van der Waals surface area contributed by atoms with Crippen LogP contribution in [0, 0.1) is 0 Å². The maximum atomic E-state index is 12.2. The summed E-state index contributed by atoms with van der Waals surface area (Å²) in [5, 5.41) is 33.6. The molecule has 0 aromatic heterocycles. The molecule has 0 saturated carbocycles. The number of amides is 3. The molecule has 12 nitrogen and oxygen atoms in total. The van der Waals surface area contributed by atoms with Crippen molar-refractivity contribution in [2.75, 3.05) is 5.75 Å². The fraction of sp³-hybridized carbons (Fsp3) is 0.667. The van der Waals surface area contributed by atoms with Crippen LogP contribution in [0.15, 0.2) is 0 Å². The number of hydrogen-bond acceptors (Lipinski definition) is 8. The first-order valence-corrected chi connectivity index (χ1v) is 8.94. The molecule has 0 aromatic rings. The molecule has 5 atom stereocenters. The smallest absolute Gasteiger partial charge is 0.326 e. The molecule has 0 saturated heterocycles. The van der Waals surface area contributed by atoms with E-state index in [0.29, 0.717) is 0 Å². The minimum Gasteiger partial charge on any atom is -0.481 e. The zero-order chi connectivity index (χ0) is 22.0. The van der Waals surface area contributed by atoms with E-state index in [9.17, 15) is 29.1 Å². The van der Waals surface area contributed by atoms with Crippen molar-refractivity contribution in [3.05, 3.63) is 0 Å². The molecule has 0 aliphatic rings. The third-order valence-corrected chi connectivity index (χ3v) is 4.02. The van der Waals surface area contributed by atoms with Crippen molar-refractivity contribution >= 4 is 42.3 Å². The summed E-state index contributed by atoms with van der Waals surface area (Å²) in [4.78, 5) is 57.7. The van der Waals surface area contributed by atoms with Crippen LogP contribution in [-0.2, 0) is 24.0 Å². The average Bonchev–Trinajstić information content (AvgIpc) is 2.60. The summed E-state index contributed by atoms with van der Waals surface area (Å²) in [6.45, 7) is 2.58. The van der Waals surface area contributed by atoms with Crippen molar-refractivity contribution in [3.63, 3.8) is 0 Å². The molecule has 0 fully saturated rings. The standard InChI is InChI=1S/C15H26N4O8S/c1-6(12(23)18-8(15(26)27)3-4-10(21)22)17-13(24)9(5-28)19-14(25)11(16)7(2)20/h6-9,11,20,28H,3-5,16H2,1-2H3,(H,17,24)(H,18,23)(H,19,25)(H,21,22)(H,26,27). The van der Waals surface area contributed by atoms with E-state index >= 15 is 0 Å². The average molecular weight is 422 g/mol. The number of aliphatic carboxylic acids is 2. The van der Waals surface area contributed by atoms with Crippen molar-refractivity contribution in [2.24, 2.45) is 5.73 Å². The lowest BCUT2D eigenvalue weighted by atomic mass is 10.1. The second-order valence-corrected chi connectivity index (χ2v) is 6.44. The van der Waals surface area contributed by atoms with Crippen LogP contribution in [0.1, 0.15) is 26.7 Å². The van der Waals surface area contributed by atoms with Crippen molar-refractivity contribution in [2.45, 2.75) is 57.0 Å². The molecule has 0 rings (SSSR count). The number of aliphatic hydroxyl groups excluding tert-OH is 1. The number of nitrogens with one attached hydrogen (secondary N) is 3. The number of carboxylic acid groups (broad SMARTS) is 2. The Hall–Kier alpha value is -2.38. The highest BCUT2D eigenvalue weighted by atomic mass is 32.1. The van der Waals surface area contributed by atoms with Crippen LogP contribution in [0.5, 0.6) is 0 Å². The molecular formula is C15H26N4O8S. The molecule has 8 N–H and O–H groups in total. The summed E-state index contributed by atoms with van der Waals surface area (Å²) in [7, 11) is 0. The van der Waals surface area contributed by atoms with Crippen LogP contribution in [0.4, 0.5) is 0 Å². The first-order chi connectivity index (χ1) is 12.9. The molecule has 3 amide bonds. The first-order valence-electron chi connectivity index (χ1n) is 8.30. The molecule has 0 spiro atoms. The fourth-order valence-corrected chi connectivity index (χ4v) is 2.14. The lowest BCUT2D eigenvalue weighted by Gasteiger charge is -2.23. The molecule has 0 heterocycles. The Kier molecular flexibility index (Phi) is 11.1. The summed E-state index contributed by atoms with van der Waals surface area (Å²) in [6, 6.07) is -5.03. The predicted octanol–water partition coefficient (Wildman–Crippen LogP) is -2.95. The number of carbonyl (C=O) groups is 5. The van der Waals surface area contributed by atoms with E-state index in [1.165, 1.54) is 13.8 Å². The fourth-order valence-electron chi connectivity index (χ4n) is 1.88. The lowest BCUT2D eigenvalue weighted by Crippen LogP contribution is -2.58. The number of carbonyl (C=O) groups excluding carboxylic acids is 3. The maximum absolute atomic E-state index is 12.2. The van der Waals surface area contributed by atoms with Crippen molar-refractivity contribution < 1.29 is 39.3 Å². The second-order valence-electron chi connectivity index (χ2n) is 6.07. The minimum absolute atomic E-state index is 0.130. The number of rotatable bonds is 12. The van der Waals surface area contributed by atoms with Crippen LogP contribution in [0.3, 0.4) is 0 Å². The van der Waals surface area contributed by atoms with Gasteiger partial charge in [0, 0.05) is 12.2 Å². The van der Waals surface area contributed by atoms with Crippen LogP contribution in [0.2, 0.25) is 0 Å². The van der Waals surface area contributed by atoms with Crippen LogP contribution in [-0.4, -0.2) is 81.0 Å². The molecule has 5 unspecified atom stereocenters. The Morgan fingerprint density at radius 1 is 0.929 bits per heavy atom. The van der Waals surface area contributed by atoms with Gasteiger partial charge in [0.05, 0.1) is 6.10 Å². The largest absolute Gasteiger partial charge is 0.481 e. The van der Waals surface area contributed by atoms with Gasteiger partial charge in [0.15, 0.2) is 0 Å². The van der Waals surface area contributed by atoms with Gasteiger partial charge in [0.25, 0.3) is 0 Å². The number of aliphatic hydroxyl groups is 1. The van der Waals surface area contributed by atoms with Crippen LogP contribution < -0.4 is 21.7 Å². The van der Waals surface area contributed by atoms with Gasteiger partial charge in [-0.1, -0.05) is 0 Å². The Balaban J connectivity index is 4.82. The van der Waals surface area contributed by atoms with Gasteiger partial charge in [-0.2, -0.15) is 12.6 Å². The van der Waals surface area contributed by atoms with E-state index in [4.69, 9.17) is 15.9 Å². The Morgan fingerprint density at radius 2 is 1.46 bits per heavy atom. The van der Waals surface area contributed by atoms with Crippen molar-refractivity contribution in [3.8, 4) is 0 Å². The second kappa shape index (κ2) is 12.2. The Morgan fingerprint density at radius 3 is 1.89 bits per heavy atom. The molecule has 0 radical (unpaired) electrons. The first kappa shape index (κ1) is 25.6. The summed E-state index contributed by atoms with van der Waals surface area (Å²) in [5.74, 6) is -5.18. The molecule has 160 valence electrons. The summed E-state index contributed by atoms with van der Waals surface area (Å²) >= 11 is 3.94. The van der Waals surface area contributed by atoms with E-state index in [-0.39, 0.29) is 12.2 Å². The van der Waals surface area contributed by atoms with E-state index in [1.807, 2.05) is 0 Å². The molecule has 28 heavy (non-hydrogen) atoms. The quantitative estimate of drug-likeness (QED) is 0.151. The maximum Gasteiger partial charge on any atom is 0.326 e. The molecule has 0 aliphatic heterocycles. The van der Waals surface area contributed by atoms with E-state index in [0.717, 1.165) is 0 Å². The monoisotopic (exact) mass is 422 g/mol. The number of hydrogen-bond donors (Lipinski definition) is 8. The highest BCUT2D eigenvalue weighted by Crippen LogP contribution is 2.00. The Labute approximate surface area is 166 Å². The molecule has 0 bridgehead atoms. The predicted molar refractivity (Wildman–Crippen MR) is 99.5 cm³/mol. The van der Waals surface area contributed by atoms with Gasteiger partial charge in [-0.25, -0.2) is 4.79 Å². The lowest BCUT2D eigenvalue weighted by molar-refractivity contribution is -0.143. The van der Waals surface area contributed by atoms with Gasteiger partial charge in [-0.15, -0.1) is 0 Å². The van der Waals surface area contributed by atoms with Crippen LogP contribution >= 0.6 is 12.6 Å². The summed E-state index contributed by atoms with van der Waals surface area (Å²) in [6.07, 6.45) is -1.94. The minimum atomic E-state index is -1.44. The van der Waals surface area contributed by atoms with Gasteiger partial charge in [0.1, 0.15) is 24.2 Å².